The van der Waals surface area contributed by atoms with Gasteiger partial charge in [0.1, 0.15) is 0 Å². The lowest BCUT2D eigenvalue weighted by molar-refractivity contribution is -0.116. The second-order valence-corrected chi connectivity index (χ2v) is 5.08. The molecule has 1 aromatic heterocycles. The Balaban J connectivity index is 1.87. The molecule has 0 aliphatic heterocycles. The molecule has 0 aliphatic rings. The Labute approximate surface area is 111 Å². The first-order chi connectivity index (χ1) is 8.74. The number of hydrogen-bond acceptors (Lipinski definition) is 2. The number of amides is 1. The summed E-state index contributed by atoms with van der Waals surface area (Å²) in [5.41, 5.74) is 2.23. The first-order valence-electron chi connectivity index (χ1n) is 5.79. The molecule has 2 nitrogen and oxygen atoms in total. The summed E-state index contributed by atoms with van der Waals surface area (Å²) >= 11 is 1.64. The molecule has 0 unspecified atom stereocenters. The fourth-order valence-corrected chi connectivity index (χ4v) is 2.24. The first kappa shape index (κ1) is 12.6. The van der Waals surface area contributed by atoms with E-state index in [4.69, 9.17) is 0 Å². The molecule has 0 spiro atoms. The maximum atomic E-state index is 11.6. The van der Waals surface area contributed by atoms with Gasteiger partial charge in [-0.3, -0.25) is 4.79 Å². The van der Waals surface area contributed by atoms with E-state index in [1.165, 1.54) is 5.56 Å². The minimum Gasteiger partial charge on any atom is -0.348 e. The van der Waals surface area contributed by atoms with Crippen LogP contribution in [0.2, 0.25) is 0 Å². The van der Waals surface area contributed by atoms with Crippen LogP contribution in [0.3, 0.4) is 0 Å². The van der Waals surface area contributed by atoms with E-state index >= 15 is 0 Å². The summed E-state index contributed by atoms with van der Waals surface area (Å²) in [5, 5.41) is 4.86. The Morgan fingerprint density at radius 3 is 2.94 bits per heavy atom. The Hall–Kier alpha value is -1.87. The fraction of sp³-hybridized carbons (Fsp3) is 0.133. The zero-order valence-electron chi connectivity index (χ0n) is 10.2. The van der Waals surface area contributed by atoms with Crippen LogP contribution in [-0.4, -0.2) is 5.91 Å². The van der Waals surface area contributed by atoms with Gasteiger partial charge in [0.15, 0.2) is 0 Å². The summed E-state index contributed by atoms with van der Waals surface area (Å²) in [7, 11) is 0. The maximum absolute atomic E-state index is 11.6. The highest BCUT2D eigenvalue weighted by molar-refractivity contribution is 7.09. The number of carbonyl (C=O) groups is 1. The average molecular weight is 257 g/mol. The molecule has 0 fully saturated rings. The van der Waals surface area contributed by atoms with E-state index in [2.05, 4.69) is 5.32 Å². The normalized spacial score (nSPS) is 10.7. The van der Waals surface area contributed by atoms with Crippen molar-refractivity contribution in [3.63, 3.8) is 0 Å². The van der Waals surface area contributed by atoms with Crippen LogP contribution in [0.5, 0.6) is 0 Å². The third-order valence-corrected chi connectivity index (χ3v) is 3.36. The monoisotopic (exact) mass is 257 g/mol. The first-order valence-corrected chi connectivity index (χ1v) is 6.67. The Morgan fingerprint density at radius 1 is 1.33 bits per heavy atom. The molecule has 92 valence electrons. The highest BCUT2D eigenvalue weighted by atomic mass is 32.1. The minimum absolute atomic E-state index is 0.0649. The summed E-state index contributed by atoms with van der Waals surface area (Å²) < 4.78 is 0. The van der Waals surface area contributed by atoms with Gasteiger partial charge in [-0.2, -0.15) is 0 Å². The van der Waals surface area contributed by atoms with Crippen molar-refractivity contribution >= 4 is 23.3 Å². The molecule has 0 bridgehead atoms. The van der Waals surface area contributed by atoms with E-state index in [9.17, 15) is 4.79 Å². The SMILES string of the molecule is Cc1cccc(/C=C/C(=O)NCc2cccs2)c1. The van der Waals surface area contributed by atoms with Gasteiger partial charge in [0, 0.05) is 11.0 Å². The lowest BCUT2D eigenvalue weighted by Gasteiger charge is -1.99. The Bertz CT molecular complexity index is 543. The van der Waals surface area contributed by atoms with Gasteiger partial charge in [0.2, 0.25) is 5.91 Å². The molecule has 1 aromatic carbocycles. The zero-order chi connectivity index (χ0) is 12.8. The third-order valence-electron chi connectivity index (χ3n) is 2.49. The lowest BCUT2D eigenvalue weighted by Crippen LogP contribution is -2.19. The van der Waals surface area contributed by atoms with Crippen LogP contribution in [0.4, 0.5) is 0 Å². The average Bonchev–Trinajstić information content (AvgIpc) is 2.87. The van der Waals surface area contributed by atoms with Crippen LogP contribution in [-0.2, 0) is 11.3 Å². The molecule has 0 aliphatic carbocycles. The van der Waals surface area contributed by atoms with Crippen molar-refractivity contribution in [2.75, 3.05) is 0 Å². The van der Waals surface area contributed by atoms with Crippen molar-refractivity contribution in [2.24, 2.45) is 0 Å². The molecule has 0 saturated heterocycles. The Morgan fingerprint density at radius 2 is 2.22 bits per heavy atom. The molecular formula is C15H15NOS. The molecule has 0 radical (unpaired) electrons. The third kappa shape index (κ3) is 3.86. The van der Waals surface area contributed by atoms with Crippen molar-refractivity contribution in [1.29, 1.82) is 0 Å². The maximum Gasteiger partial charge on any atom is 0.244 e. The number of aryl methyl sites for hydroxylation is 1. The standard InChI is InChI=1S/C15H15NOS/c1-12-4-2-5-13(10-12)7-8-15(17)16-11-14-6-3-9-18-14/h2-10H,11H2,1H3,(H,16,17)/b8-7+. The highest BCUT2D eigenvalue weighted by Gasteiger charge is 1.97. The predicted molar refractivity (Wildman–Crippen MR) is 76.4 cm³/mol. The van der Waals surface area contributed by atoms with Gasteiger partial charge in [0.05, 0.1) is 6.54 Å². The molecule has 1 heterocycles. The minimum atomic E-state index is -0.0649. The number of benzene rings is 1. The number of thiophene rings is 1. The van der Waals surface area contributed by atoms with Crippen LogP contribution >= 0.6 is 11.3 Å². The van der Waals surface area contributed by atoms with E-state index in [1.54, 1.807) is 17.4 Å². The van der Waals surface area contributed by atoms with E-state index < -0.39 is 0 Å². The van der Waals surface area contributed by atoms with Crippen molar-refractivity contribution < 1.29 is 4.79 Å². The molecule has 3 heteroatoms. The molecule has 0 saturated carbocycles. The molecule has 1 N–H and O–H groups in total. The van der Waals surface area contributed by atoms with E-state index in [-0.39, 0.29) is 5.91 Å². The summed E-state index contributed by atoms with van der Waals surface area (Å²) in [6.07, 6.45) is 3.40. The van der Waals surface area contributed by atoms with Crippen LogP contribution in [0, 0.1) is 6.92 Å². The summed E-state index contributed by atoms with van der Waals surface area (Å²) in [4.78, 5) is 12.8. The van der Waals surface area contributed by atoms with Gasteiger partial charge < -0.3 is 5.32 Å². The van der Waals surface area contributed by atoms with Crippen LogP contribution in [0.1, 0.15) is 16.0 Å². The summed E-state index contributed by atoms with van der Waals surface area (Å²) in [6.45, 7) is 2.63. The molecule has 0 atom stereocenters. The van der Waals surface area contributed by atoms with E-state index in [0.717, 1.165) is 10.4 Å². The van der Waals surface area contributed by atoms with Crippen molar-refractivity contribution in [3.8, 4) is 0 Å². The van der Waals surface area contributed by atoms with E-state index in [0.29, 0.717) is 6.54 Å². The van der Waals surface area contributed by atoms with Crippen molar-refractivity contribution in [2.45, 2.75) is 13.5 Å². The number of rotatable bonds is 4. The lowest BCUT2D eigenvalue weighted by atomic mass is 10.1. The Kier molecular flexibility index (Phi) is 4.31. The van der Waals surface area contributed by atoms with Gasteiger partial charge in [-0.05, 0) is 30.0 Å². The molecule has 2 rings (SSSR count). The van der Waals surface area contributed by atoms with Crippen molar-refractivity contribution in [1.82, 2.24) is 5.32 Å². The topological polar surface area (TPSA) is 29.1 Å². The molecule has 18 heavy (non-hydrogen) atoms. The van der Waals surface area contributed by atoms with Crippen LogP contribution in [0.15, 0.2) is 47.9 Å². The van der Waals surface area contributed by atoms with Crippen LogP contribution < -0.4 is 5.32 Å². The second-order valence-electron chi connectivity index (χ2n) is 4.04. The van der Waals surface area contributed by atoms with Gasteiger partial charge >= 0.3 is 0 Å². The second kappa shape index (κ2) is 6.17. The molecule has 2 aromatic rings. The quantitative estimate of drug-likeness (QED) is 0.836. The number of nitrogens with one attached hydrogen (secondary N) is 1. The van der Waals surface area contributed by atoms with Gasteiger partial charge in [0.25, 0.3) is 0 Å². The van der Waals surface area contributed by atoms with Gasteiger partial charge in [-0.25, -0.2) is 0 Å². The smallest absolute Gasteiger partial charge is 0.244 e. The van der Waals surface area contributed by atoms with Gasteiger partial charge in [-0.1, -0.05) is 35.9 Å². The number of carbonyl (C=O) groups excluding carboxylic acids is 1. The molecule has 1 amide bonds. The van der Waals surface area contributed by atoms with Crippen LogP contribution in [0.25, 0.3) is 6.08 Å². The highest BCUT2D eigenvalue weighted by Crippen LogP contribution is 2.08. The van der Waals surface area contributed by atoms with E-state index in [1.807, 2.05) is 54.8 Å². The number of hydrogen-bond donors (Lipinski definition) is 1. The van der Waals surface area contributed by atoms with Crippen molar-refractivity contribution in [3.05, 3.63) is 63.9 Å². The summed E-state index contributed by atoms with van der Waals surface area (Å²) in [6, 6.07) is 12.0. The zero-order valence-corrected chi connectivity index (χ0v) is 11.0. The largest absolute Gasteiger partial charge is 0.348 e. The predicted octanol–water partition coefficient (Wildman–Crippen LogP) is 3.39. The van der Waals surface area contributed by atoms with Gasteiger partial charge in [-0.15, -0.1) is 11.3 Å². The summed E-state index contributed by atoms with van der Waals surface area (Å²) in [5.74, 6) is -0.0649. The fourth-order valence-electron chi connectivity index (χ4n) is 1.59. The molecular weight excluding hydrogens is 242 g/mol.